The molecule has 3 saturated heterocycles. The van der Waals surface area contributed by atoms with Crippen molar-refractivity contribution in [3.63, 3.8) is 0 Å². The average Bonchev–Trinajstić information content (AvgIpc) is 3.70. The van der Waals surface area contributed by atoms with Gasteiger partial charge < -0.3 is 24.1 Å². The number of hydrogen-bond donors (Lipinski definition) is 1. The topological polar surface area (TPSA) is 72.5 Å². The van der Waals surface area contributed by atoms with Crippen LogP contribution in [0.3, 0.4) is 0 Å². The zero-order valence-corrected chi connectivity index (χ0v) is 20.6. The first-order valence-electron chi connectivity index (χ1n) is 12.6. The highest BCUT2D eigenvalue weighted by Gasteiger charge is 2.43. The molecule has 0 saturated carbocycles. The average molecular weight is 503 g/mol. The van der Waals surface area contributed by atoms with Crippen LogP contribution in [0, 0.1) is 0 Å². The molecule has 0 bridgehead atoms. The van der Waals surface area contributed by atoms with Gasteiger partial charge >= 0.3 is 0 Å². The summed E-state index contributed by atoms with van der Waals surface area (Å²) in [6, 6.07) is 19.4. The van der Waals surface area contributed by atoms with E-state index in [0.29, 0.717) is 35.6 Å². The van der Waals surface area contributed by atoms with Crippen LogP contribution < -0.4 is 9.64 Å². The van der Waals surface area contributed by atoms with Gasteiger partial charge in [0.2, 0.25) is 0 Å². The number of pyridine rings is 1. The van der Waals surface area contributed by atoms with Gasteiger partial charge in [0.05, 0.1) is 28.9 Å². The van der Waals surface area contributed by atoms with Crippen LogP contribution in [0.2, 0.25) is 5.02 Å². The lowest BCUT2D eigenvalue weighted by molar-refractivity contribution is 0.0273. The van der Waals surface area contributed by atoms with E-state index in [1.165, 1.54) is 24.1 Å². The summed E-state index contributed by atoms with van der Waals surface area (Å²) in [6.45, 7) is 3.51. The van der Waals surface area contributed by atoms with Crippen LogP contribution in [0.4, 0.5) is 5.69 Å². The number of nitrogens with one attached hydrogen (secondary N) is 1. The molecule has 5 heterocycles. The van der Waals surface area contributed by atoms with Crippen molar-refractivity contribution in [2.45, 2.75) is 37.6 Å². The maximum Gasteiger partial charge on any atom is 0.296 e. The number of aromatic nitrogens is 3. The molecule has 0 spiro atoms. The fraction of sp³-hybridized carbons (Fsp3) is 0.357. The Kier molecular flexibility index (Phi) is 5.57. The van der Waals surface area contributed by atoms with E-state index >= 15 is 0 Å². The maximum atomic E-state index is 6.63. The predicted molar refractivity (Wildman–Crippen MR) is 140 cm³/mol. The van der Waals surface area contributed by atoms with Gasteiger partial charge in [-0.3, -0.25) is 0 Å². The Bertz CT molecular complexity index is 1380. The van der Waals surface area contributed by atoms with Gasteiger partial charge in [-0.25, -0.2) is 4.98 Å². The number of H-pyrrole nitrogens is 1. The van der Waals surface area contributed by atoms with Crippen LogP contribution >= 0.6 is 11.6 Å². The molecule has 3 unspecified atom stereocenters. The number of halogens is 1. The molecule has 7 nitrogen and oxygen atoms in total. The number of rotatable bonds is 5. The number of benzene rings is 2. The second kappa shape index (κ2) is 9.07. The van der Waals surface area contributed by atoms with Crippen molar-refractivity contribution in [1.82, 2.24) is 15.0 Å². The van der Waals surface area contributed by atoms with E-state index in [0.717, 1.165) is 36.2 Å². The molecule has 0 aliphatic carbocycles. The summed E-state index contributed by atoms with van der Waals surface area (Å²) >= 11 is 6.63. The Morgan fingerprint density at radius 1 is 0.917 bits per heavy atom. The minimum atomic E-state index is -0.176. The maximum absolute atomic E-state index is 6.63. The van der Waals surface area contributed by atoms with Crippen LogP contribution in [0.5, 0.6) is 6.01 Å². The molecule has 36 heavy (non-hydrogen) atoms. The third-order valence-electron chi connectivity index (χ3n) is 7.42. The minimum Gasteiger partial charge on any atom is -0.456 e. The predicted octanol–water partition coefficient (Wildman–Crippen LogP) is 5.48. The molecule has 0 radical (unpaired) electrons. The van der Waals surface area contributed by atoms with E-state index in [-0.39, 0.29) is 18.3 Å². The van der Waals surface area contributed by atoms with Gasteiger partial charge in [-0.15, -0.1) is 0 Å². The third kappa shape index (κ3) is 4.01. The van der Waals surface area contributed by atoms with Crippen LogP contribution in [0.15, 0.2) is 54.6 Å². The molecule has 3 fully saturated rings. The quantitative estimate of drug-likeness (QED) is 0.389. The molecule has 4 aromatic rings. The molecule has 8 heteroatoms. The van der Waals surface area contributed by atoms with Gasteiger partial charge in [-0.05, 0) is 48.6 Å². The molecule has 184 valence electrons. The van der Waals surface area contributed by atoms with Crippen LogP contribution in [-0.2, 0) is 9.47 Å². The minimum absolute atomic E-state index is 0.0414. The number of ether oxygens (including phenoxy) is 3. The zero-order chi connectivity index (χ0) is 24.1. The van der Waals surface area contributed by atoms with E-state index in [9.17, 15) is 0 Å². The van der Waals surface area contributed by atoms with Crippen molar-refractivity contribution in [2.75, 3.05) is 31.2 Å². The van der Waals surface area contributed by atoms with Gasteiger partial charge in [0, 0.05) is 30.9 Å². The molecule has 7 rings (SSSR count). The van der Waals surface area contributed by atoms with Gasteiger partial charge in [0.15, 0.2) is 11.8 Å². The molecule has 2 aromatic carbocycles. The fourth-order valence-corrected chi connectivity index (χ4v) is 5.75. The van der Waals surface area contributed by atoms with Gasteiger partial charge in [0.25, 0.3) is 6.01 Å². The number of aromatic amines is 1. The highest BCUT2D eigenvalue weighted by Crippen LogP contribution is 2.33. The Balaban J connectivity index is 1.11. The van der Waals surface area contributed by atoms with Crippen LogP contribution in [-0.4, -0.2) is 59.6 Å². The number of hydrogen-bond acceptors (Lipinski definition) is 6. The number of anilines is 1. The Labute approximate surface area is 214 Å². The third-order valence-corrected chi connectivity index (χ3v) is 7.71. The van der Waals surface area contributed by atoms with Crippen LogP contribution in [0.1, 0.15) is 19.3 Å². The first kappa shape index (κ1) is 22.1. The van der Waals surface area contributed by atoms with Crippen molar-refractivity contribution >= 4 is 28.5 Å². The SMILES string of the molecule is Clc1cc2[nH]c(OC3COC4CCOC43)nc2nc1-c1ccc(-c2ccc(N3CCCC3)cc2)cc1. The number of fused-ring (bicyclic) bond motifs is 2. The number of nitrogens with zero attached hydrogens (tertiary/aromatic N) is 3. The lowest BCUT2D eigenvalue weighted by Gasteiger charge is -2.17. The fourth-order valence-electron chi connectivity index (χ4n) is 5.49. The molecular weight excluding hydrogens is 476 g/mol. The molecule has 2 aromatic heterocycles. The normalized spacial score (nSPS) is 23.5. The molecule has 3 aliphatic heterocycles. The summed E-state index contributed by atoms with van der Waals surface area (Å²) in [7, 11) is 0. The van der Waals surface area contributed by atoms with E-state index < -0.39 is 0 Å². The van der Waals surface area contributed by atoms with Crippen molar-refractivity contribution in [3.8, 4) is 28.4 Å². The largest absolute Gasteiger partial charge is 0.456 e. The summed E-state index contributed by atoms with van der Waals surface area (Å²) in [4.78, 5) is 14.9. The van der Waals surface area contributed by atoms with Crippen molar-refractivity contribution < 1.29 is 14.2 Å². The standard InChI is InChI=1S/C28H27ClN4O3/c29-21-15-22-27(32-28(30-22)36-24-16-35-23-11-14-34-26(23)24)31-25(21)19-5-3-17(4-6-19)18-7-9-20(10-8-18)33-12-1-2-13-33/h3-10,15,23-24,26H,1-2,11-14,16H2,(H,30,31,32). The van der Waals surface area contributed by atoms with E-state index in [4.69, 9.17) is 30.8 Å². The Morgan fingerprint density at radius 3 is 2.42 bits per heavy atom. The van der Waals surface area contributed by atoms with Crippen molar-refractivity contribution in [3.05, 3.63) is 59.6 Å². The lowest BCUT2D eigenvalue weighted by Crippen LogP contribution is -2.32. The van der Waals surface area contributed by atoms with Crippen molar-refractivity contribution in [1.29, 1.82) is 0 Å². The number of imidazole rings is 1. The second-order valence-corrected chi connectivity index (χ2v) is 10.1. The molecule has 1 N–H and O–H groups in total. The van der Waals surface area contributed by atoms with Gasteiger partial charge in [-0.2, -0.15) is 4.98 Å². The highest BCUT2D eigenvalue weighted by atomic mass is 35.5. The lowest BCUT2D eigenvalue weighted by atomic mass is 10.0. The summed E-state index contributed by atoms with van der Waals surface area (Å²) < 4.78 is 17.6. The summed E-state index contributed by atoms with van der Waals surface area (Å²) in [5, 5.41) is 0.559. The molecule has 0 amide bonds. The molecule has 3 atom stereocenters. The summed E-state index contributed by atoms with van der Waals surface area (Å²) in [5.74, 6) is 0. The van der Waals surface area contributed by atoms with Gasteiger partial charge in [-0.1, -0.05) is 48.0 Å². The first-order valence-corrected chi connectivity index (χ1v) is 13.0. The Hall–Kier alpha value is -3.13. The van der Waals surface area contributed by atoms with E-state index in [1.54, 1.807) is 0 Å². The molecule has 3 aliphatic rings. The second-order valence-electron chi connectivity index (χ2n) is 9.70. The van der Waals surface area contributed by atoms with Crippen LogP contribution in [0.25, 0.3) is 33.5 Å². The highest BCUT2D eigenvalue weighted by molar-refractivity contribution is 6.33. The summed E-state index contributed by atoms with van der Waals surface area (Å²) in [6.07, 6.45) is 3.37. The van der Waals surface area contributed by atoms with E-state index in [1.807, 2.05) is 6.07 Å². The van der Waals surface area contributed by atoms with Crippen molar-refractivity contribution in [2.24, 2.45) is 0 Å². The molecular formula is C28H27ClN4O3. The Morgan fingerprint density at radius 2 is 1.64 bits per heavy atom. The summed E-state index contributed by atoms with van der Waals surface area (Å²) in [5.41, 5.74) is 6.58. The first-order chi connectivity index (χ1) is 17.7. The monoisotopic (exact) mass is 502 g/mol. The smallest absolute Gasteiger partial charge is 0.296 e. The van der Waals surface area contributed by atoms with Gasteiger partial charge in [0.1, 0.15) is 6.10 Å². The van der Waals surface area contributed by atoms with E-state index in [2.05, 4.69) is 63.4 Å². The zero-order valence-electron chi connectivity index (χ0n) is 19.8.